The lowest BCUT2D eigenvalue weighted by Crippen LogP contribution is -2.07. The molecule has 8 heteroatoms. The highest BCUT2D eigenvalue weighted by Gasteiger charge is 2.09. The molecule has 0 fully saturated rings. The number of anilines is 1. The van der Waals surface area contributed by atoms with Gasteiger partial charge in [-0.1, -0.05) is 71.1 Å². The average Bonchev–Trinajstić information content (AvgIpc) is 3.08. The highest BCUT2D eigenvalue weighted by molar-refractivity contribution is 8.00. The summed E-state index contributed by atoms with van der Waals surface area (Å²) in [6, 6.07) is 13.8. The second-order valence-corrected chi connectivity index (χ2v) is 7.70. The Morgan fingerprint density at radius 3 is 2.77 bits per heavy atom. The fraction of sp³-hybridized carbons (Fsp3) is 0.0556. The maximum Gasteiger partial charge on any atom is 0.250 e. The number of nitrogens with one attached hydrogen (secondary N) is 1. The van der Waals surface area contributed by atoms with Crippen molar-refractivity contribution < 1.29 is 9.18 Å². The van der Waals surface area contributed by atoms with E-state index in [0.29, 0.717) is 25.8 Å². The normalized spacial score (nSPS) is 11.0. The molecule has 2 aromatic carbocycles. The molecule has 1 amide bonds. The van der Waals surface area contributed by atoms with Crippen molar-refractivity contribution in [2.75, 3.05) is 5.32 Å². The summed E-state index contributed by atoms with van der Waals surface area (Å²) >= 11 is 8.64. The van der Waals surface area contributed by atoms with Crippen molar-refractivity contribution in [1.82, 2.24) is 10.2 Å². The zero-order chi connectivity index (χ0) is 18.4. The van der Waals surface area contributed by atoms with Crippen LogP contribution in [-0.4, -0.2) is 16.1 Å². The van der Waals surface area contributed by atoms with E-state index in [1.807, 2.05) is 18.2 Å². The molecule has 0 radical (unpaired) electrons. The van der Waals surface area contributed by atoms with Crippen LogP contribution < -0.4 is 5.32 Å². The number of aromatic nitrogens is 2. The lowest BCUT2D eigenvalue weighted by atomic mass is 10.2. The number of nitrogens with zero attached hydrogens (tertiary/aromatic N) is 2. The van der Waals surface area contributed by atoms with Crippen LogP contribution in [0.2, 0.25) is 5.02 Å². The van der Waals surface area contributed by atoms with E-state index < -0.39 is 0 Å². The monoisotopic (exact) mass is 405 g/mol. The molecular weight excluding hydrogens is 393 g/mol. The van der Waals surface area contributed by atoms with E-state index in [0.717, 1.165) is 5.56 Å². The lowest BCUT2D eigenvalue weighted by molar-refractivity contribution is -0.111. The van der Waals surface area contributed by atoms with Gasteiger partial charge in [-0.2, -0.15) is 0 Å². The Bertz CT molecular complexity index is 945. The van der Waals surface area contributed by atoms with Crippen molar-refractivity contribution in [2.45, 2.75) is 10.1 Å². The Morgan fingerprint density at radius 1 is 1.19 bits per heavy atom. The second-order valence-electron chi connectivity index (χ2n) is 5.10. The topological polar surface area (TPSA) is 54.9 Å². The van der Waals surface area contributed by atoms with Gasteiger partial charge in [0.1, 0.15) is 5.82 Å². The van der Waals surface area contributed by atoms with Gasteiger partial charge in [0.25, 0.3) is 0 Å². The van der Waals surface area contributed by atoms with E-state index >= 15 is 0 Å². The van der Waals surface area contributed by atoms with Crippen LogP contribution in [0, 0.1) is 5.82 Å². The zero-order valence-corrected chi connectivity index (χ0v) is 15.7. The molecule has 0 saturated heterocycles. The maximum atomic E-state index is 13.6. The molecule has 0 unspecified atom stereocenters. The second kappa shape index (κ2) is 8.93. The third kappa shape index (κ3) is 5.14. The minimum absolute atomic E-state index is 0.247. The van der Waals surface area contributed by atoms with Crippen LogP contribution in [0.25, 0.3) is 6.08 Å². The van der Waals surface area contributed by atoms with Gasteiger partial charge >= 0.3 is 0 Å². The summed E-state index contributed by atoms with van der Waals surface area (Å²) in [4.78, 5) is 12.0. The Morgan fingerprint density at radius 2 is 1.96 bits per heavy atom. The van der Waals surface area contributed by atoms with Crippen LogP contribution in [0.15, 0.2) is 58.9 Å². The van der Waals surface area contributed by atoms with Gasteiger partial charge in [-0.3, -0.25) is 10.1 Å². The highest BCUT2D eigenvalue weighted by atomic mass is 35.5. The predicted octanol–water partition coefficient (Wildman–Crippen LogP) is 5.27. The smallest absolute Gasteiger partial charge is 0.250 e. The van der Waals surface area contributed by atoms with Crippen LogP contribution in [-0.2, 0) is 10.5 Å². The summed E-state index contributed by atoms with van der Waals surface area (Å²) < 4.78 is 14.3. The van der Waals surface area contributed by atoms with Crippen molar-refractivity contribution in [3.8, 4) is 0 Å². The lowest BCUT2D eigenvalue weighted by Gasteiger charge is -1.99. The Labute approximate surface area is 163 Å². The van der Waals surface area contributed by atoms with E-state index in [1.54, 1.807) is 30.3 Å². The summed E-state index contributed by atoms with van der Waals surface area (Å²) in [6.45, 7) is 0. The number of amides is 1. The molecule has 0 saturated carbocycles. The standard InChI is InChI=1S/C18H13ClFN3OS2/c19-14-7-3-1-5-12(14)9-10-16(24)21-17-22-23-18(26-17)25-11-13-6-2-4-8-15(13)20/h1-10H,11H2,(H,21,22,24). The van der Waals surface area contributed by atoms with Crippen molar-refractivity contribution in [3.63, 3.8) is 0 Å². The molecule has 132 valence electrons. The van der Waals surface area contributed by atoms with Gasteiger partial charge in [0.15, 0.2) is 4.34 Å². The number of carbonyl (C=O) groups is 1. The fourth-order valence-corrected chi connectivity index (χ4v) is 3.94. The number of benzene rings is 2. The van der Waals surface area contributed by atoms with Crippen molar-refractivity contribution >= 4 is 51.8 Å². The molecule has 0 aliphatic carbocycles. The molecule has 26 heavy (non-hydrogen) atoms. The van der Waals surface area contributed by atoms with Crippen molar-refractivity contribution in [3.05, 3.63) is 76.6 Å². The summed E-state index contributed by atoms with van der Waals surface area (Å²) in [5, 5.41) is 11.5. The molecule has 0 spiro atoms. The number of rotatable bonds is 6. The molecule has 1 aromatic heterocycles. The summed E-state index contributed by atoms with van der Waals surface area (Å²) in [5.74, 6) is -0.128. The van der Waals surface area contributed by atoms with Crippen molar-refractivity contribution in [1.29, 1.82) is 0 Å². The van der Waals surface area contributed by atoms with Crippen molar-refractivity contribution in [2.24, 2.45) is 0 Å². The van der Waals surface area contributed by atoms with Crippen LogP contribution in [0.1, 0.15) is 11.1 Å². The Kier molecular flexibility index (Phi) is 6.38. The van der Waals surface area contributed by atoms with Gasteiger partial charge < -0.3 is 0 Å². The van der Waals surface area contributed by atoms with E-state index in [9.17, 15) is 9.18 Å². The SMILES string of the molecule is O=C(C=Cc1ccccc1Cl)Nc1nnc(SCc2ccccc2F)s1. The van der Waals surface area contributed by atoms with Gasteiger partial charge in [-0.15, -0.1) is 10.2 Å². The van der Waals surface area contributed by atoms with Crippen LogP contribution >= 0.6 is 34.7 Å². The molecule has 3 aromatic rings. The van der Waals surface area contributed by atoms with E-state index in [2.05, 4.69) is 15.5 Å². The quantitative estimate of drug-likeness (QED) is 0.344. The maximum absolute atomic E-state index is 13.6. The van der Waals surface area contributed by atoms with E-state index in [1.165, 1.54) is 35.2 Å². The summed E-state index contributed by atoms with van der Waals surface area (Å²) in [7, 11) is 0. The molecule has 1 heterocycles. The Balaban J connectivity index is 1.55. The first-order chi connectivity index (χ1) is 12.6. The average molecular weight is 406 g/mol. The number of carbonyl (C=O) groups excluding carboxylic acids is 1. The van der Waals surface area contributed by atoms with Gasteiger partial charge in [0.05, 0.1) is 0 Å². The van der Waals surface area contributed by atoms with Gasteiger partial charge in [0.2, 0.25) is 11.0 Å². The molecule has 3 rings (SSSR count). The molecule has 0 atom stereocenters. The van der Waals surface area contributed by atoms with Crippen LogP contribution in [0.5, 0.6) is 0 Å². The van der Waals surface area contributed by atoms with Crippen LogP contribution in [0.3, 0.4) is 0 Å². The third-order valence-corrected chi connectivity index (χ3v) is 5.63. The molecule has 0 aliphatic rings. The molecule has 0 aliphatic heterocycles. The number of hydrogen-bond acceptors (Lipinski definition) is 5. The van der Waals surface area contributed by atoms with Crippen LogP contribution in [0.4, 0.5) is 9.52 Å². The Hall–Kier alpha value is -2.22. The van der Waals surface area contributed by atoms with E-state index in [4.69, 9.17) is 11.6 Å². The first-order valence-electron chi connectivity index (χ1n) is 7.55. The molecular formula is C18H13ClFN3OS2. The fourth-order valence-electron chi connectivity index (χ4n) is 2.00. The highest BCUT2D eigenvalue weighted by Crippen LogP contribution is 2.29. The number of hydrogen-bond donors (Lipinski definition) is 1. The van der Waals surface area contributed by atoms with Gasteiger partial charge in [0, 0.05) is 16.9 Å². The summed E-state index contributed by atoms with van der Waals surface area (Å²) in [6.07, 6.45) is 3.02. The predicted molar refractivity (Wildman–Crippen MR) is 105 cm³/mol. The largest absolute Gasteiger partial charge is 0.297 e. The molecule has 0 bridgehead atoms. The van der Waals surface area contributed by atoms with Gasteiger partial charge in [-0.05, 0) is 29.3 Å². The third-order valence-electron chi connectivity index (χ3n) is 3.27. The van der Waals surface area contributed by atoms with Gasteiger partial charge in [-0.25, -0.2) is 4.39 Å². The first kappa shape index (κ1) is 18.6. The number of halogens is 2. The zero-order valence-electron chi connectivity index (χ0n) is 13.4. The summed E-state index contributed by atoms with van der Waals surface area (Å²) in [5.41, 5.74) is 1.35. The van der Waals surface area contributed by atoms with E-state index in [-0.39, 0.29) is 11.7 Å². The first-order valence-corrected chi connectivity index (χ1v) is 9.73. The minimum atomic E-state index is -0.327. The molecule has 4 nitrogen and oxygen atoms in total. The number of thioether (sulfide) groups is 1. The minimum Gasteiger partial charge on any atom is -0.297 e. The molecule has 1 N–H and O–H groups in total.